The van der Waals surface area contributed by atoms with E-state index in [1.54, 1.807) is 17.6 Å². The highest BCUT2D eigenvalue weighted by atomic mass is 32.1. The molecule has 5 nitrogen and oxygen atoms in total. The Balaban J connectivity index is 1.75. The maximum absolute atomic E-state index is 9.69. The van der Waals surface area contributed by atoms with E-state index in [2.05, 4.69) is 4.90 Å². The van der Waals surface area contributed by atoms with Crippen molar-refractivity contribution in [3.05, 3.63) is 41.4 Å². The van der Waals surface area contributed by atoms with Crippen LogP contribution >= 0.6 is 11.3 Å². The lowest BCUT2D eigenvalue weighted by atomic mass is 10.3. The number of aromatic nitrogens is 2. The predicted molar refractivity (Wildman–Crippen MR) is 76.9 cm³/mol. The predicted octanol–water partition coefficient (Wildman–Crippen LogP) is 2.65. The van der Waals surface area contributed by atoms with Crippen molar-refractivity contribution < 1.29 is 9.52 Å². The average molecular weight is 289 g/mol. The van der Waals surface area contributed by atoms with Gasteiger partial charge in [0, 0.05) is 17.6 Å². The lowest BCUT2D eigenvalue weighted by Gasteiger charge is -2.22. The Kier molecular flexibility index (Phi) is 2.78. The summed E-state index contributed by atoms with van der Waals surface area (Å²) in [5, 5.41) is 11.7. The van der Waals surface area contributed by atoms with E-state index < -0.39 is 0 Å². The zero-order valence-corrected chi connectivity index (χ0v) is 11.7. The van der Waals surface area contributed by atoms with Gasteiger partial charge in [-0.3, -0.25) is 4.40 Å². The van der Waals surface area contributed by atoms with Crippen molar-refractivity contribution in [1.29, 1.82) is 0 Å². The second-order valence-electron chi connectivity index (χ2n) is 5.03. The minimum absolute atomic E-state index is 0.00535. The van der Waals surface area contributed by atoms with Crippen molar-refractivity contribution in [2.24, 2.45) is 0 Å². The molecule has 0 aromatic carbocycles. The highest BCUT2D eigenvalue weighted by Gasteiger charge is 2.33. The molecule has 1 aliphatic rings. The fraction of sp³-hybridized carbons (Fsp3) is 0.357. The SMILES string of the molecule is OCc1c(N(Cc2ccco2)C2CC2)nc2sccn12. The molecule has 0 unspecified atom stereocenters. The molecule has 3 aromatic heterocycles. The normalized spacial score (nSPS) is 15.1. The van der Waals surface area contributed by atoms with Crippen LogP contribution in [0.25, 0.3) is 4.96 Å². The van der Waals surface area contributed by atoms with E-state index in [0.29, 0.717) is 12.6 Å². The maximum Gasteiger partial charge on any atom is 0.195 e. The van der Waals surface area contributed by atoms with Gasteiger partial charge in [0.2, 0.25) is 0 Å². The molecular weight excluding hydrogens is 274 g/mol. The van der Waals surface area contributed by atoms with Gasteiger partial charge < -0.3 is 14.4 Å². The van der Waals surface area contributed by atoms with Crippen LogP contribution in [0.1, 0.15) is 24.3 Å². The van der Waals surface area contributed by atoms with Gasteiger partial charge in [0.1, 0.15) is 5.76 Å². The summed E-state index contributed by atoms with van der Waals surface area (Å²) in [5.41, 5.74) is 0.861. The number of aliphatic hydroxyl groups is 1. The zero-order chi connectivity index (χ0) is 13.5. The third kappa shape index (κ3) is 1.92. The van der Waals surface area contributed by atoms with Gasteiger partial charge in [0.05, 0.1) is 25.1 Å². The lowest BCUT2D eigenvalue weighted by Crippen LogP contribution is -2.26. The van der Waals surface area contributed by atoms with Gasteiger partial charge in [0.25, 0.3) is 0 Å². The summed E-state index contributed by atoms with van der Waals surface area (Å²) in [6, 6.07) is 4.39. The highest BCUT2D eigenvalue weighted by molar-refractivity contribution is 7.15. The number of imidazole rings is 1. The molecule has 0 radical (unpaired) electrons. The number of aliphatic hydroxyl groups excluding tert-OH is 1. The molecule has 1 saturated carbocycles. The Bertz CT molecular complexity index is 712. The number of rotatable bonds is 5. The van der Waals surface area contributed by atoms with Crippen molar-refractivity contribution in [1.82, 2.24) is 9.38 Å². The van der Waals surface area contributed by atoms with Crippen LogP contribution in [0, 0.1) is 0 Å². The summed E-state index contributed by atoms with van der Waals surface area (Å²) in [5.74, 6) is 1.82. The van der Waals surface area contributed by atoms with E-state index in [9.17, 15) is 5.11 Å². The quantitative estimate of drug-likeness (QED) is 0.784. The summed E-state index contributed by atoms with van der Waals surface area (Å²) in [6.45, 7) is 0.699. The van der Waals surface area contributed by atoms with Crippen LogP contribution < -0.4 is 4.90 Å². The van der Waals surface area contributed by atoms with E-state index in [0.717, 1.165) is 22.2 Å². The monoisotopic (exact) mass is 289 g/mol. The van der Waals surface area contributed by atoms with E-state index in [1.807, 2.05) is 28.1 Å². The van der Waals surface area contributed by atoms with Gasteiger partial charge in [-0.25, -0.2) is 4.98 Å². The first-order chi connectivity index (χ1) is 9.86. The topological polar surface area (TPSA) is 53.9 Å². The van der Waals surface area contributed by atoms with Gasteiger partial charge >= 0.3 is 0 Å². The smallest absolute Gasteiger partial charge is 0.195 e. The fourth-order valence-electron chi connectivity index (χ4n) is 2.53. The Morgan fingerprint density at radius 1 is 1.50 bits per heavy atom. The van der Waals surface area contributed by atoms with Crippen LogP contribution in [-0.2, 0) is 13.2 Å². The standard InChI is InChI=1S/C14H15N3O2S/c18-9-12-13(15-14-16(12)5-7-20-14)17(10-3-4-10)8-11-2-1-6-19-11/h1-2,5-7,10,18H,3-4,8-9H2. The molecular formula is C14H15N3O2S. The number of hydrogen-bond acceptors (Lipinski definition) is 5. The first kappa shape index (κ1) is 12.0. The van der Waals surface area contributed by atoms with E-state index in [-0.39, 0.29) is 6.61 Å². The van der Waals surface area contributed by atoms with Crippen molar-refractivity contribution in [3.63, 3.8) is 0 Å². The molecule has 1 fully saturated rings. The number of anilines is 1. The maximum atomic E-state index is 9.69. The van der Waals surface area contributed by atoms with E-state index in [4.69, 9.17) is 9.40 Å². The Morgan fingerprint density at radius 2 is 2.40 bits per heavy atom. The Hall–Kier alpha value is -1.79. The van der Waals surface area contributed by atoms with Crippen molar-refractivity contribution in [3.8, 4) is 0 Å². The third-order valence-electron chi connectivity index (χ3n) is 3.66. The Morgan fingerprint density at radius 3 is 3.10 bits per heavy atom. The zero-order valence-electron chi connectivity index (χ0n) is 10.9. The van der Waals surface area contributed by atoms with Crippen molar-refractivity contribution in [2.75, 3.05) is 4.90 Å². The second-order valence-corrected chi connectivity index (χ2v) is 5.91. The number of hydrogen-bond donors (Lipinski definition) is 1. The largest absolute Gasteiger partial charge is 0.467 e. The average Bonchev–Trinajstić information content (AvgIpc) is 2.88. The molecule has 1 aliphatic carbocycles. The molecule has 0 bridgehead atoms. The van der Waals surface area contributed by atoms with Crippen LogP contribution in [0.5, 0.6) is 0 Å². The van der Waals surface area contributed by atoms with Crippen molar-refractivity contribution in [2.45, 2.75) is 32.0 Å². The van der Waals surface area contributed by atoms with Gasteiger partial charge in [-0.05, 0) is 25.0 Å². The molecule has 0 saturated heterocycles. The van der Waals surface area contributed by atoms with Gasteiger partial charge in [0.15, 0.2) is 10.8 Å². The second kappa shape index (κ2) is 4.64. The molecule has 0 spiro atoms. The van der Waals surface area contributed by atoms with Crippen LogP contribution in [0.15, 0.2) is 34.4 Å². The van der Waals surface area contributed by atoms with Crippen LogP contribution in [0.2, 0.25) is 0 Å². The third-order valence-corrected chi connectivity index (χ3v) is 4.41. The first-order valence-electron chi connectivity index (χ1n) is 6.71. The molecule has 1 N–H and O–H groups in total. The summed E-state index contributed by atoms with van der Waals surface area (Å²) >= 11 is 1.59. The fourth-order valence-corrected chi connectivity index (χ4v) is 3.26. The lowest BCUT2D eigenvalue weighted by molar-refractivity contribution is 0.276. The molecule has 20 heavy (non-hydrogen) atoms. The molecule has 6 heteroatoms. The van der Waals surface area contributed by atoms with Gasteiger partial charge in [-0.15, -0.1) is 11.3 Å². The van der Waals surface area contributed by atoms with E-state index >= 15 is 0 Å². The molecule has 0 aliphatic heterocycles. The van der Waals surface area contributed by atoms with Gasteiger partial charge in [-0.2, -0.15) is 0 Å². The van der Waals surface area contributed by atoms with Crippen LogP contribution in [-0.4, -0.2) is 20.5 Å². The van der Waals surface area contributed by atoms with Gasteiger partial charge in [-0.1, -0.05) is 0 Å². The molecule has 104 valence electrons. The number of fused-ring (bicyclic) bond motifs is 1. The Labute approximate surface area is 120 Å². The first-order valence-corrected chi connectivity index (χ1v) is 7.59. The number of furan rings is 1. The molecule has 0 amide bonds. The summed E-state index contributed by atoms with van der Waals surface area (Å²) in [4.78, 5) is 7.87. The van der Waals surface area contributed by atoms with Crippen LogP contribution in [0.3, 0.4) is 0 Å². The molecule has 4 rings (SSSR count). The highest BCUT2D eigenvalue weighted by Crippen LogP contribution is 2.35. The minimum atomic E-state index is -0.00535. The number of thiazole rings is 1. The van der Waals surface area contributed by atoms with Crippen molar-refractivity contribution >= 4 is 22.1 Å². The molecule has 3 aromatic rings. The molecule has 0 atom stereocenters. The summed E-state index contributed by atoms with van der Waals surface area (Å²) < 4.78 is 7.43. The summed E-state index contributed by atoms with van der Waals surface area (Å²) in [6.07, 6.45) is 6.01. The minimum Gasteiger partial charge on any atom is -0.467 e. The van der Waals surface area contributed by atoms with Crippen LogP contribution in [0.4, 0.5) is 5.82 Å². The van der Waals surface area contributed by atoms with E-state index in [1.165, 1.54) is 12.8 Å². The number of nitrogens with zero attached hydrogens (tertiary/aromatic N) is 3. The molecule has 3 heterocycles. The summed E-state index contributed by atoms with van der Waals surface area (Å²) in [7, 11) is 0.